The second-order valence-electron chi connectivity index (χ2n) is 9.48. The monoisotopic (exact) mass is 524 g/mol. The average Bonchev–Trinajstić information content (AvgIpc) is 3.33. The Bertz CT molecular complexity index is 1410. The highest BCUT2D eigenvalue weighted by molar-refractivity contribution is 6.24. The van der Waals surface area contributed by atoms with Crippen molar-refractivity contribution in [3.05, 3.63) is 95.6 Å². The lowest BCUT2D eigenvalue weighted by Crippen LogP contribution is -2.57. The minimum Gasteiger partial charge on any atom is -0.480 e. The molecule has 0 aromatic heterocycles. The SMILES string of the molecule is Cc1ccccc1N1C(=O)C2C(c3cccc(OC(F)(F)F)c3)NC(Cc3ccccc3)(C(=O)O)C2C1=O. The van der Waals surface area contributed by atoms with E-state index < -0.39 is 53.3 Å². The normalized spacial score (nSPS) is 24.9. The Kier molecular flexibility index (Phi) is 6.22. The molecule has 2 aliphatic heterocycles. The number of nitrogens with zero attached hydrogens (tertiary/aromatic N) is 1. The molecule has 3 aromatic rings. The third-order valence-electron chi connectivity index (χ3n) is 7.17. The molecule has 2 amide bonds. The molecular weight excluding hydrogens is 501 g/mol. The van der Waals surface area contributed by atoms with Gasteiger partial charge in [-0.1, -0.05) is 60.7 Å². The van der Waals surface area contributed by atoms with E-state index in [-0.39, 0.29) is 12.0 Å². The summed E-state index contributed by atoms with van der Waals surface area (Å²) in [5, 5.41) is 13.5. The quantitative estimate of drug-likeness (QED) is 0.464. The van der Waals surface area contributed by atoms with E-state index in [1.807, 2.05) is 0 Å². The van der Waals surface area contributed by atoms with Crippen molar-refractivity contribution in [2.45, 2.75) is 31.3 Å². The number of para-hydroxylation sites is 1. The number of benzene rings is 3. The van der Waals surface area contributed by atoms with Crippen LogP contribution in [-0.4, -0.2) is 34.8 Å². The molecule has 3 aromatic carbocycles. The van der Waals surface area contributed by atoms with Gasteiger partial charge in [-0.05, 0) is 41.8 Å². The minimum absolute atomic E-state index is 0.125. The number of aliphatic carboxylic acids is 1. The Morgan fingerprint density at radius 1 is 1.00 bits per heavy atom. The minimum atomic E-state index is -4.94. The first-order valence-electron chi connectivity index (χ1n) is 11.9. The van der Waals surface area contributed by atoms with Gasteiger partial charge in [-0.25, -0.2) is 4.90 Å². The van der Waals surface area contributed by atoms with Gasteiger partial charge >= 0.3 is 12.3 Å². The highest BCUT2D eigenvalue weighted by atomic mass is 19.4. The van der Waals surface area contributed by atoms with E-state index in [0.717, 1.165) is 17.0 Å². The number of imide groups is 1. The number of amides is 2. The number of carboxylic acid groups (broad SMARTS) is 1. The van der Waals surface area contributed by atoms with Crippen LogP contribution in [0.3, 0.4) is 0 Å². The molecule has 0 aliphatic carbocycles. The predicted molar refractivity (Wildman–Crippen MR) is 130 cm³/mol. The molecule has 4 unspecified atom stereocenters. The largest absolute Gasteiger partial charge is 0.573 e. The standard InChI is InChI=1S/C28H23F3N2O5/c1-16-8-5-6-13-20(16)33-24(34)21-22(25(33)35)27(26(36)37,15-17-9-3-2-4-10-17)32-23(21)18-11-7-12-19(14-18)38-28(29,30)31/h2-14,21-23,32H,15H2,1H3,(H,36,37). The van der Waals surface area contributed by atoms with Gasteiger partial charge in [-0.3, -0.25) is 19.7 Å². The number of carbonyl (C=O) groups is 3. The van der Waals surface area contributed by atoms with E-state index in [1.165, 1.54) is 12.1 Å². The van der Waals surface area contributed by atoms with Gasteiger partial charge in [0.1, 0.15) is 11.3 Å². The van der Waals surface area contributed by atoms with Crippen LogP contribution >= 0.6 is 0 Å². The molecular formula is C28H23F3N2O5. The summed E-state index contributed by atoms with van der Waals surface area (Å²) in [5.74, 6) is -5.64. The van der Waals surface area contributed by atoms with E-state index in [1.54, 1.807) is 61.5 Å². The van der Waals surface area contributed by atoms with Crippen molar-refractivity contribution in [3.8, 4) is 5.75 Å². The third kappa shape index (κ3) is 4.30. The number of nitrogens with one attached hydrogen (secondary N) is 1. The summed E-state index contributed by atoms with van der Waals surface area (Å²) in [6, 6.07) is 19.4. The summed E-state index contributed by atoms with van der Waals surface area (Å²) in [4.78, 5) is 41.7. The number of anilines is 1. The highest BCUT2D eigenvalue weighted by Gasteiger charge is 2.68. The molecule has 196 valence electrons. The zero-order chi connectivity index (χ0) is 27.2. The van der Waals surface area contributed by atoms with E-state index in [0.29, 0.717) is 16.8 Å². The lowest BCUT2D eigenvalue weighted by atomic mass is 9.76. The molecule has 0 saturated carbocycles. The maximum absolute atomic E-state index is 13.9. The molecule has 0 bridgehead atoms. The molecule has 0 radical (unpaired) electrons. The van der Waals surface area contributed by atoms with Gasteiger partial charge in [0.2, 0.25) is 11.8 Å². The molecule has 2 saturated heterocycles. The van der Waals surface area contributed by atoms with Crippen molar-refractivity contribution >= 4 is 23.5 Å². The van der Waals surface area contributed by atoms with Crippen LogP contribution < -0.4 is 15.0 Å². The first-order valence-corrected chi connectivity index (χ1v) is 11.9. The Balaban J connectivity index is 1.65. The zero-order valence-electron chi connectivity index (χ0n) is 20.1. The van der Waals surface area contributed by atoms with Crippen LogP contribution in [-0.2, 0) is 20.8 Å². The highest BCUT2D eigenvalue weighted by Crippen LogP contribution is 2.51. The average molecular weight is 524 g/mol. The fraction of sp³-hybridized carbons (Fsp3) is 0.250. The molecule has 2 heterocycles. The number of rotatable bonds is 6. The Labute approximate surface area is 215 Å². The molecule has 2 N–H and O–H groups in total. The van der Waals surface area contributed by atoms with E-state index >= 15 is 0 Å². The number of fused-ring (bicyclic) bond motifs is 1. The number of aryl methyl sites for hydroxylation is 1. The van der Waals surface area contributed by atoms with Crippen LogP contribution in [0.4, 0.5) is 18.9 Å². The Morgan fingerprint density at radius 2 is 1.68 bits per heavy atom. The Morgan fingerprint density at radius 3 is 2.34 bits per heavy atom. The summed E-state index contributed by atoms with van der Waals surface area (Å²) >= 11 is 0. The van der Waals surface area contributed by atoms with E-state index in [2.05, 4.69) is 10.1 Å². The van der Waals surface area contributed by atoms with Crippen molar-refractivity contribution in [3.63, 3.8) is 0 Å². The van der Waals surface area contributed by atoms with Crippen molar-refractivity contribution in [2.24, 2.45) is 11.8 Å². The van der Waals surface area contributed by atoms with Gasteiger partial charge < -0.3 is 9.84 Å². The van der Waals surface area contributed by atoms with Gasteiger partial charge in [0.25, 0.3) is 0 Å². The van der Waals surface area contributed by atoms with Crippen molar-refractivity contribution in [1.29, 1.82) is 0 Å². The van der Waals surface area contributed by atoms with E-state index in [9.17, 15) is 32.7 Å². The van der Waals surface area contributed by atoms with Crippen LogP contribution in [0, 0.1) is 18.8 Å². The third-order valence-corrected chi connectivity index (χ3v) is 7.17. The Hall–Kier alpha value is -4.18. The molecule has 4 atom stereocenters. The van der Waals surface area contributed by atoms with Crippen LogP contribution in [0.5, 0.6) is 5.75 Å². The summed E-state index contributed by atoms with van der Waals surface area (Å²) < 4.78 is 42.8. The van der Waals surface area contributed by atoms with E-state index in [4.69, 9.17) is 0 Å². The molecule has 5 rings (SSSR count). The second kappa shape index (κ2) is 9.29. The van der Waals surface area contributed by atoms with Gasteiger partial charge in [0, 0.05) is 12.5 Å². The number of hydrogen-bond donors (Lipinski definition) is 2. The maximum Gasteiger partial charge on any atom is 0.573 e. The van der Waals surface area contributed by atoms with Gasteiger partial charge in [-0.2, -0.15) is 0 Å². The number of ether oxygens (including phenoxy) is 1. The summed E-state index contributed by atoms with van der Waals surface area (Å²) in [6.45, 7) is 1.73. The molecule has 7 nitrogen and oxygen atoms in total. The number of alkyl halides is 3. The lowest BCUT2D eigenvalue weighted by Gasteiger charge is -2.31. The topological polar surface area (TPSA) is 95.9 Å². The van der Waals surface area contributed by atoms with Crippen LogP contribution in [0.2, 0.25) is 0 Å². The first kappa shape index (κ1) is 25.5. The predicted octanol–water partition coefficient (Wildman–Crippen LogP) is 4.41. The van der Waals surface area contributed by atoms with Crippen molar-refractivity contribution < 1.29 is 37.4 Å². The van der Waals surface area contributed by atoms with Crippen LogP contribution in [0.25, 0.3) is 0 Å². The van der Waals surface area contributed by atoms with Gasteiger partial charge in [0.15, 0.2) is 0 Å². The smallest absolute Gasteiger partial charge is 0.480 e. The second-order valence-corrected chi connectivity index (χ2v) is 9.48. The van der Waals surface area contributed by atoms with Crippen LogP contribution in [0.1, 0.15) is 22.7 Å². The maximum atomic E-state index is 13.9. The molecule has 10 heteroatoms. The van der Waals surface area contributed by atoms with Crippen LogP contribution in [0.15, 0.2) is 78.9 Å². The summed E-state index contributed by atoms with van der Waals surface area (Å²) in [7, 11) is 0. The fourth-order valence-electron chi connectivity index (χ4n) is 5.60. The van der Waals surface area contributed by atoms with Gasteiger partial charge in [0.05, 0.1) is 17.5 Å². The zero-order valence-corrected chi connectivity index (χ0v) is 20.1. The number of hydrogen-bond acceptors (Lipinski definition) is 5. The molecule has 2 aliphatic rings. The number of carbonyl (C=O) groups excluding carboxylic acids is 2. The molecule has 0 spiro atoms. The first-order chi connectivity index (χ1) is 18.0. The molecule has 2 fully saturated rings. The molecule has 38 heavy (non-hydrogen) atoms. The number of halogens is 3. The van der Waals surface area contributed by atoms with Gasteiger partial charge in [-0.15, -0.1) is 13.2 Å². The van der Waals surface area contributed by atoms with Crippen molar-refractivity contribution in [2.75, 3.05) is 4.90 Å². The summed E-state index contributed by atoms with van der Waals surface area (Å²) in [5.41, 5.74) is -0.106. The summed E-state index contributed by atoms with van der Waals surface area (Å²) in [6.07, 6.45) is -5.07. The fourth-order valence-corrected chi connectivity index (χ4v) is 5.60. The number of carboxylic acids is 1. The lowest BCUT2D eigenvalue weighted by molar-refractivity contribution is -0.274. The van der Waals surface area contributed by atoms with Crippen molar-refractivity contribution in [1.82, 2.24) is 5.32 Å².